The van der Waals surface area contributed by atoms with Crippen LogP contribution in [-0.2, 0) is 0 Å². The molecule has 0 saturated carbocycles. The highest BCUT2D eigenvalue weighted by molar-refractivity contribution is 6.32. The van der Waals surface area contributed by atoms with Crippen LogP contribution in [0.2, 0.25) is 5.02 Å². The average Bonchev–Trinajstić information content (AvgIpc) is 2.59. The molecule has 0 bridgehead atoms. The highest BCUT2D eigenvalue weighted by Crippen LogP contribution is 2.30. The molecule has 6 heteroatoms. The van der Waals surface area contributed by atoms with Gasteiger partial charge in [-0.15, -0.1) is 0 Å². The van der Waals surface area contributed by atoms with Gasteiger partial charge < -0.3 is 19.5 Å². The van der Waals surface area contributed by atoms with Gasteiger partial charge >= 0.3 is 0 Å². The third-order valence-electron chi connectivity index (χ3n) is 3.47. The summed E-state index contributed by atoms with van der Waals surface area (Å²) in [5.74, 6) is 1.71. The topological polar surface area (TPSA) is 56.8 Å². The molecule has 2 aromatic carbocycles. The summed E-state index contributed by atoms with van der Waals surface area (Å²) in [6.07, 6.45) is -0.234. The minimum absolute atomic E-state index is 0.225. The molecule has 0 aliphatic carbocycles. The summed E-state index contributed by atoms with van der Waals surface area (Å²) in [7, 11) is 1.53. The number of fused-ring (bicyclic) bond motifs is 1. The van der Waals surface area contributed by atoms with Crippen LogP contribution in [0.3, 0.4) is 0 Å². The number of ether oxygens (including phenoxy) is 3. The molecule has 3 rings (SSSR count). The van der Waals surface area contributed by atoms with Crippen LogP contribution in [0, 0.1) is 0 Å². The van der Waals surface area contributed by atoms with Crippen molar-refractivity contribution in [1.82, 2.24) is 5.32 Å². The smallest absolute Gasteiger partial charge is 0.251 e. The third kappa shape index (κ3) is 3.51. The summed E-state index contributed by atoms with van der Waals surface area (Å²) < 4.78 is 16.5. The molecule has 0 fully saturated rings. The van der Waals surface area contributed by atoms with Crippen molar-refractivity contribution in [2.45, 2.75) is 6.10 Å². The van der Waals surface area contributed by atoms with E-state index in [1.807, 2.05) is 24.3 Å². The Balaban J connectivity index is 1.58. The van der Waals surface area contributed by atoms with Crippen molar-refractivity contribution < 1.29 is 19.0 Å². The van der Waals surface area contributed by atoms with Gasteiger partial charge in [-0.05, 0) is 30.3 Å². The van der Waals surface area contributed by atoms with Crippen molar-refractivity contribution in [3.63, 3.8) is 0 Å². The van der Waals surface area contributed by atoms with Gasteiger partial charge in [0.25, 0.3) is 5.91 Å². The summed E-state index contributed by atoms with van der Waals surface area (Å²) in [4.78, 5) is 12.2. The molecule has 120 valence electrons. The Labute approximate surface area is 139 Å². The van der Waals surface area contributed by atoms with E-state index in [2.05, 4.69) is 5.32 Å². The van der Waals surface area contributed by atoms with Crippen LogP contribution in [-0.4, -0.2) is 32.3 Å². The zero-order chi connectivity index (χ0) is 16.2. The van der Waals surface area contributed by atoms with Crippen molar-refractivity contribution in [3.8, 4) is 17.2 Å². The molecule has 1 amide bonds. The van der Waals surface area contributed by atoms with Crippen LogP contribution in [0.5, 0.6) is 17.2 Å². The Morgan fingerprint density at radius 2 is 2.09 bits per heavy atom. The van der Waals surface area contributed by atoms with E-state index < -0.39 is 0 Å². The Kier molecular flexibility index (Phi) is 4.57. The third-order valence-corrected chi connectivity index (χ3v) is 3.77. The summed E-state index contributed by atoms with van der Waals surface area (Å²) in [5, 5.41) is 3.22. The lowest BCUT2D eigenvalue weighted by Gasteiger charge is -2.26. The van der Waals surface area contributed by atoms with E-state index in [0.717, 1.165) is 5.75 Å². The maximum atomic E-state index is 12.2. The number of benzene rings is 2. The lowest BCUT2D eigenvalue weighted by molar-refractivity contribution is 0.0789. The Hall–Kier alpha value is -2.40. The van der Waals surface area contributed by atoms with Crippen molar-refractivity contribution in [1.29, 1.82) is 0 Å². The van der Waals surface area contributed by atoms with E-state index in [1.165, 1.54) is 7.11 Å². The van der Waals surface area contributed by atoms with Gasteiger partial charge in [0.2, 0.25) is 0 Å². The summed E-state index contributed by atoms with van der Waals surface area (Å²) in [5.41, 5.74) is 0.466. The minimum atomic E-state index is -0.234. The van der Waals surface area contributed by atoms with E-state index in [4.69, 9.17) is 25.8 Å². The average molecular weight is 334 g/mol. The van der Waals surface area contributed by atoms with Crippen molar-refractivity contribution >= 4 is 17.5 Å². The van der Waals surface area contributed by atoms with Crippen molar-refractivity contribution in [2.75, 3.05) is 20.3 Å². The van der Waals surface area contributed by atoms with Crippen molar-refractivity contribution in [3.05, 3.63) is 53.1 Å². The number of methoxy groups -OCH3 is 1. The summed E-state index contributed by atoms with van der Waals surface area (Å²) in [6.45, 7) is 0.734. The molecule has 0 saturated heterocycles. The lowest BCUT2D eigenvalue weighted by Crippen LogP contribution is -2.40. The standard InChI is InChI=1S/C17H16ClNO4/c1-21-14-7-6-11(8-13(14)18)17(20)19-9-12-10-22-15-4-2-3-5-16(15)23-12/h2-8,12H,9-10H2,1H3,(H,19,20)/t12-/m1/s1. The molecule has 23 heavy (non-hydrogen) atoms. The molecule has 5 nitrogen and oxygen atoms in total. The first kappa shape index (κ1) is 15.5. The van der Waals surface area contributed by atoms with E-state index in [0.29, 0.717) is 35.2 Å². The molecule has 0 radical (unpaired) electrons. The maximum Gasteiger partial charge on any atom is 0.251 e. The van der Waals surface area contributed by atoms with Crippen molar-refractivity contribution in [2.24, 2.45) is 0 Å². The van der Waals surface area contributed by atoms with Gasteiger partial charge in [-0.1, -0.05) is 23.7 Å². The number of carbonyl (C=O) groups excluding carboxylic acids is 1. The SMILES string of the molecule is COc1ccc(C(=O)NC[C@@H]2COc3ccccc3O2)cc1Cl. The first-order valence-electron chi connectivity index (χ1n) is 7.17. The maximum absolute atomic E-state index is 12.2. The van der Waals surface area contributed by atoms with E-state index in [1.54, 1.807) is 18.2 Å². The number of carbonyl (C=O) groups is 1. The predicted molar refractivity (Wildman–Crippen MR) is 86.7 cm³/mol. The van der Waals surface area contributed by atoms with Gasteiger partial charge in [0.15, 0.2) is 11.5 Å². The van der Waals surface area contributed by atoms with Crippen LogP contribution < -0.4 is 19.5 Å². The van der Waals surface area contributed by atoms with Gasteiger partial charge in [-0.2, -0.15) is 0 Å². The molecule has 1 heterocycles. The Morgan fingerprint density at radius 3 is 2.83 bits per heavy atom. The van der Waals surface area contributed by atoms with Crippen LogP contribution >= 0.6 is 11.6 Å². The van der Waals surface area contributed by atoms with E-state index in [-0.39, 0.29) is 12.0 Å². The van der Waals surface area contributed by atoms with E-state index >= 15 is 0 Å². The number of hydrogen-bond acceptors (Lipinski definition) is 4. The summed E-state index contributed by atoms with van der Waals surface area (Å²) in [6, 6.07) is 12.3. The fourth-order valence-corrected chi connectivity index (χ4v) is 2.54. The second kappa shape index (κ2) is 6.79. The summed E-state index contributed by atoms with van der Waals surface area (Å²) >= 11 is 6.03. The fourth-order valence-electron chi connectivity index (χ4n) is 2.28. The molecule has 0 aromatic heterocycles. The van der Waals surface area contributed by atoms with E-state index in [9.17, 15) is 4.79 Å². The second-order valence-electron chi connectivity index (χ2n) is 5.06. The van der Waals surface area contributed by atoms with Crippen LogP contribution in [0.1, 0.15) is 10.4 Å². The number of rotatable bonds is 4. The Bertz CT molecular complexity index is 719. The van der Waals surface area contributed by atoms with Gasteiger partial charge in [0.1, 0.15) is 18.5 Å². The van der Waals surface area contributed by atoms with Gasteiger partial charge in [-0.25, -0.2) is 0 Å². The molecule has 2 aromatic rings. The number of amides is 1. The first-order valence-corrected chi connectivity index (χ1v) is 7.55. The zero-order valence-corrected chi connectivity index (χ0v) is 13.3. The number of para-hydroxylation sites is 2. The van der Waals surface area contributed by atoms with Gasteiger partial charge in [0.05, 0.1) is 18.7 Å². The largest absolute Gasteiger partial charge is 0.495 e. The monoisotopic (exact) mass is 333 g/mol. The van der Waals surface area contributed by atoms with Crippen LogP contribution in [0.4, 0.5) is 0 Å². The fraction of sp³-hybridized carbons (Fsp3) is 0.235. The highest BCUT2D eigenvalue weighted by atomic mass is 35.5. The quantitative estimate of drug-likeness (QED) is 0.934. The molecule has 0 spiro atoms. The number of nitrogens with one attached hydrogen (secondary N) is 1. The first-order chi connectivity index (χ1) is 11.2. The zero-order valence-electron chi connectivity index (χ0n) is 12.5. The molecule has 0 unspecified atom stereocenters. The van der Waals surface area contributed by atoms with Crippen LogP contribution in [0.25, 0.3) is 0 Å². The number of hydrogen-bond donors (Lipinski definition) is 1. The van der Waals surface area contributed by atoms with Gasteiger partial charge in [-0.3, -0.25) is 4.79 Å². The molecule has 1 atom stereocenters. The van der Waals surface area contributed by atoms with Gasteiger partial charge in [0, 0.05) is 5.56 Å². The molecule has 1 N–H and O–H groups in total. The molecular formula is C17H16ClNO4. The molecule has 1 aliphatic heterocycles. The molecule has 1 aliphatic rings. The van der Waals surface area contributed by atoms with Crippen LogP contribution in [0.15, 0.2) is 42.5 Å². The normalized spacial score (nSPS) is 15.8. The lowest BCUT2D eigenvalue weighted by atomic mass is 10.2. The predicted octanol–water partition coefficient (Wildman–Crippen LogP) is 2.92. The minimum Gasteiger partial charge on any atom is -0.495 e. The Morgan fingerprint density at radius 1 is 1.30 bits per heavy atom. The highest BCUT2D eigenvalue weighted by Gasteiger charge is 2.21. The molecular weight excluding hydrogens is 318 g/mol. The number of halogens is 1. The second-order valence-corrected chi connectivity index (χ2v) is 5.46.